The zero-order valence-corrected chi connectivity index (χ0v) is 7.09. The highest BCUT2D eigenvalue weighted by Crippen LogP contribution is 2.05. The van der Waals surface area contributed by atoms with E-state index in [2.05, 4.69) is 36.9 Å². The van der Waals surface area contributed by atoms with Gasteiger partial charge in [0.05, 0.1) is 0 Å². The van der Waals surface area contributed by atoms with Gasteiger partial charge in [-0.3, -0.25) is 0 Å². The molecule has 0 radical (unpaired) electrons. The Morgan fingerprint density at radius 3 is 3.00 bits per heavy atom. The largest absolute Gasteiger partial charge is 0.351 e. The first-order valence-corrected chi connectivity index (χ1v) is 4.10. The summed E-state index contributed by atoms with van der Waals surface area (Å²) in [4.78, 5) is 0. The van der Waals surface area contributed by atoms with Crippen molar-refractivity contribution in [2.24, 2.45) is 7.05 Å². The molecule has 0 spiro atoms. The van der Waals surface area contributed by atoms with Gasteiger partial charge in [0.15, 0.2) is 0 Å². The van der Waals surface area contributed by atoms with Crippen LogP contribution in [0.1, 0.15) is 19.8 Å². The molecule has 1 heteroatoms. The van der Waals surface area contributed by atoms with E-state index in [1.54, 1.807) is 0 Å². The Bertz CT molecular complexity index is 381. The van der Waals surface area contributed by atoms with Crippen molar-refractivity contribution < 1.29 is 0 Å². The highest BCUT2D eigenvalue weighted by molar-refractivity contribution is 5.47. The number of nitrogens with zero attached hydrogens (tertiary/aromatic N) is 1. The second-order valence-electron chi connectivity index (χ2n) is 3.25. The van der Waals surface area contributed by atoms with Crippen LogP contribution in [-0.2, 0) is 7.05 Å². The molecule has 1 nitrogen and oxygen atoms in total. The predicted molar refractivity (Wildman–Crippen MR) is 47.4 cm³/mol. The maximum Gasteiger partial charge on any atom is 0.0436 e. The summed E-state index contributed by atoms with van der Waals surface area (Å²) < 4.78 is 2.19. The Morgan fingerprint density at radius 1 is 1.45 bits per heavy atom. The third kappa shape index (κ3) is 0.917. The average molecular weight is 147 g/mol. The van der Waals surface area contributed by atoms with Crippen molar-refractivity contribution in [2.75, 3.05) is 0 Å². The molecule has 1 aromatic heterocycles. The maximum atomic E-state index is 2.32. The van der Waals surface area contributed by atoms with Crippen molar-refractivity contribution in [3.8, 4) is 0 Å². The molecule has 1 aliphatic carbocycles. The molecule has 0 fully saturated rings. The molecule has 0 amide bonds. The summed E-state index contributed by atoms with van der Waals surface area (Å²) in [5.41, 5.74) is 1.53. The van der Waals surface area contributed by atoms with E-state index in [4.69, 9.17) is 0 Å². The summed E-state index contributed by atoms with van der Waals surface area (Å²) in [5, 5.41) is 2.84. The normalized spacial score (nSPS) is 16.0. The van der Waals surface area contributed by atoms with Gasteiger partial charge < -0.3 is 4.57 Å². The molecule has 0 unspecified atom stereocenters. The van der Waals surface area contributed by atoms with Crippen molar-refractivity contribution in [1.29, 1.82) is 0 Å². The van der Waals surface area contributed by atoms with E-state index in [0.29, 0.717) is 0 Å². The quantitative estimate of drug-likeness (QED) is 0.511. The van der Waals surface area contributed by atoms with Crippen LogP contribution in [0, 0.1) is 0 Å². The van der Waals surface area contributed by atoms with Gasteiger partial charge in [-0.05, 0) is 31.1 Å². The lowest BCUT2D eigenvalue weighted by molar-refractivity contribution is 0.873. The zero-order chi connectivity index (χ0) is 7.84. The van der Waals surface area contributed by atoms with Gasteiger partial charge in [-0.2, -0.15) is 0 Å². The second kappa shape index (κ2) is 2.26. The SMILES string of the molecule is CC1=c2ccn(C)c2=CCC1. The third-order valence-electron chi connectivity index (χ3n) is 2.44. The standard InChI is InChI=1S/C10H13N/c1-8-4-3-5-10-9(8)6-7-11(10)2/h5-7H,3-4H2,1-2H3. The molecule has 0 saturated carbocycles. The fraction of sp³-hybridized carbons (Fsp3) is 0.400. The van der Waals surface area contributed by atoms with Crippen LogP contribution in [0.2, 0.25) is 0 Å². The van der Waals surface area contributed by atoms with Gasteiger partial charge in [0.1, 0.15) is 0 Å². The Hall–Kier alpha value is -0.980. The highest BCUT2D eigenvalue weighted by atomic mass is 14.9. The van der Waals surface area contributed by atoms with Crippen molar-refractivity contribution in [3.05, 3.63) is 22.8 Å². The lowest BCUT2D eigenvalue weighted by atomic mass is 10.1. The van der Waals surface area contributed by atoms with E-state index in [1.165, 1.54) is 29.0 Å². The molecule has 0 bridgehead atoms. The molecule has 0 saturated heterocycles. The first-order chi connectivity index (χ1) is 5.29. The van der Waals surface area contributed by atoms with Gasteiger partial charge in [-0.15, -0.1) is 0 Å². The summed E-state index contributed by atoms with van der Waals surface area (Å²) in [6.07, 6.45) is 6.89. The minimum absolute atomic E-state index is 1.21. The molecule has 2 rings (SSSR count). The van der Waals surface area contributed by atoms with E-state index in [1.807, 2.05) is 0 Å². The van der Waals surface area contributed by atoms with Crippen molar-refractivity contribution in [1.82, 2.24) is 4.57 Å². The van der Waals surface area contributed by atoms with Crippen LogP contribution < -0.4 is 10.6 Å². The van der Waals surface area contributed by atoms with Gasteiger partial charge in [0.2, 0.25) is 0 Å². The lowest BCUT2D eigenvalue weighted by Crippen LogP contribution is -2.30. The maximum absolute atomic E-state index is 2.32. The molecule has 1 aromatic rings. The molecular formula is C10H13N. The van der Waals surface area contributed by atoms with E-state index in [9.17, 15) is 0 Å². The Morgan fingerprint density at radius 2 is 2.27 bits per heavy atom. The fourth-order valence-corrected chi connectivity index (χ4v) is 1.72. The Kier molecular flexibility index (Phi) is 1.38. The lowest BCUT2D eigenvalue weighted by Gasteiger charge is -2.02. The molecule has 1 aliphatic rings. The van der Waals surface area contributed by atoms with Crippen molar-refractivity contribution >= 4 is 11.6 Å². The monoisotopic (exact) mass is 147 g/mol. The first-order valence-electron chi connectivity index (χ1n) is 4.10. The second-order valence-corrected chi connectivity index (χ2v) is 3.25. The number of rotatable bonds is 0. The molecule has 0 aliphatic heterocycles. The van der Waals surface area contributed by atoms with Crippen LogP contribution in [0.3, 0.4) is 0 Å². The number of hydrogen-bond acceptors (Lipinski definition) is 0. The number of hydrogen-bond donors (Lipinski definition) is 0. The van der Waals surface area contributed by atoms with Gasteiger partial charge in [0, 0.05) is 18.6 Å². The van der Waals surface area contributed by atoms with Crippen molar-refractivity contribution in [3.63, 3.8) is 0 Å². The Labute approximate surface area is 66.7 Å². The van der Waals surface area contributed by atoms with Gasteiger partial charge in [0.25, 0.3) is 0 Å². The number of aryl methyl sites for hydroxylation is 1. The predicted octanol–water partition coefficient (Wildman–Crippen LogP) is 0.770. The van der Waals surface area contributed by atoms with E-state index >= 15 is 0 Å². The molecule has 0 atom stereocenters. The minimum atomic E-state index is 1.21. The van der Waals surface area contributed by atoms with E-state index in [-0.39, 0.29) is 0 Å². The van der Waals surface area contributed by atoms with Crippen molar-refractivity contribution in [2.45, 2.75) is 19.8 Å². The number of fused-ring (bicyclic) bond motifs is 1. The molecular weight excluding hydrogens is 134 g/mol. The van der Waals surface area contributed by atoms with E-state index in [0.717, 1.165) is 0 Å². The summed E-state index contributed by atoms with van der Waals surface area (Å²) >= 11 is 0. The van der Waals surface area contributed by atoms with Crippen LogP contribution >= 0.6 is 0 Å². The fourth-order valence-electron chi connectivity index (χ4n) is 1.72. The van der Waals surface area contributed by atoms with Crippen LogP contribution in [0.25, 0.3) is 11.6 Å². The summed E-state index contributed by atoms with van der Waals surface area (Å²) in [6.45, 7) is 2.23. The summed E-state index contributed by atoms with van der Waals surface area (Å²) in [6, 6.07) is 2.21. The van der Waals surface area contributed by atoms with Crippen LogP contribution in [0.5, 0.6) is 0 Å². The average Bonchev–Trinajstić information content (AvgIpc) is 2.35. The first kappa shape index (κ1) is 6.71. The molecule has 0 aromatic carbocycles. The van der Waals surface area contributed by atoms with Crippen LogP contribution in [0.15, 0.2) is 12.3 Å². The smallest absolute Gasteiger partial charge is 0.0436 e. The van der Waals surface area contributed by atoms with Crippen LogP contribution in [0.4, 0.5) is 0 Å². The minimum Gasteiger partial charge on any atom is -0.351 e. The zero-order valence-electron chi connectivity index (χ0n) is 7.09. The Balaban J connectivity index is 2.92. The molecule has 58 valence electrons. The summed E-state index contributed by atoms with van der Waals surface area (Å²) in [5.74, 6) is 0. The summed E-state index contributed by atoms with van der Waals surface area (Å²) in [7, 11) is 2.11. The molecule has 11 heavy (non-hydrogen) atoms. The molecule has 0 N–H and O–H groups in total. The van der Waals surface area contributed by atoms with Gasteiger partial charge in [-0.1, -0.05) is 11.6 Å². The van der Waals surface area contributed by atoms with Crippen LogP contribution in [-0.4, -0.2) is 4.57 Å². The highest BCUT2D eigenvalue weighted by Gasteiger charge is 2.00. The molecule has 1 heterocycles. The third-order valence-corrected chi connectivity index (χ3v) is 2.44. The van der Waals surface area contributed by atoms with Gasteiger partial charge in [-0.25, -0.2) is 0 Å². The van der Waals surface area contributed by atoms with E-state index < -0.39 is 0 Å². The number of aromatic nitrogens is 1. The topological polar surface area (TPSA) is 4.93 Å². The van der Waals surface area contributed by atoms with Gasteiger partial charge >= 0.3 is 0 Å².